The number of fused-ring (bicyclic) bond motifs is 1. The van der Waals surface area contributed by atoms with Gasteiger partial charge in [0.25, 0.3) is 10.1 Å². The molecule has 3 nitrogen and oxygen atoms in total. The van der Waals surface area contributed by atoms with Gasteiger partial charge in [-0.05, 0) is 30.2 Å². The maximum atomic E-state index is 11.2. The molecule has 1 aromatic rings. The maximum absolute atomic E-state index is 11.2. The normalized spacial score (nSPS) is 21.2. The molecule has 0 amide bonds. The van der Waals surface area contributed by atoms with E-state index in [1.165, 1.54) is 0 Å². The average Bonchev–Trinajstić information content (AvgIpc) is 2.39. The molecule has 2 rings (SSSR count). The van der Waals surface area contributed by atoms with Crippen LogP contribution >= 0.6 is 11.8 Å². The number of thioether (sulfide) groups is 1. The van der Waals surface area contributed by atoms with Crippen LogP contribution < -0.4 is 0 Å². The topological polar surface area (TPSA) is 43.4 Å². The molecular formula is C11H14O3S2. The summed E-state index contributed by atoms with van der Waals surface area (Å²) in [6.45, 7) is 0. The van der Waals surface area contributed by atoms with Crippen molar-refractivity contribution in [3.63, 3.8) is 0 Å². The van der Waals surface area contributed by atoms with Gasteiger partial charge in [0.05, 0.1) is 6.26 Å². The smallest absolute Gasteiger partial charge is 0.262 e. The van der Waals surface area contributed by atoms with Gasteiger partial charge in [-0.2, -0.15) is 8.42 Å². The Morgan fingerprint density at radius 3 is 2.88 bits per heavy atom. The highest BCUT2D eigenvalue weighted by Crippen LogP contribution is 2.37. The molecule has 1 atom stereocenters. The van der Waals surface area contributed by atoms with E-state index in [-0.39, 0.29) is 6.10 Å². The number of rotatable bonds is 2. The highest BCUT2D eigenvalue weighted by atomic mass is 32.2. The minimum absolute atomic E-state index is 0.318. The Kier molecular flexibility index (Phi) is 3.56. The van der Waals surface area contributed by atoms with Crippen LogP contribution in [0.2, 0.25) is 0 Å². The molecule has 1 aliphatic rings. The molecule has 0 saturated heterocycles. The fourth-order valence-electron chi connectivity index (χ4n) is 1.80. The minimum atomic E-state index is -3.39. The molecule has 0 spiro atoms. The van der Waals surface area contributed by atoms with Crippen LogP contribution in [-0.2, 0) is 14.3 Å². The molecule has 0 bridgehead atoms. The van der Waals surface area contributed by atoms with E-state index in [9.17, 15) is 8.42 Å². The molecule has 1 aromatic carbocycles. The Labute approximate surface area is 100 Å². The van der Waals surface area contributed by atoms with Crippen LogP contribution in [0.1, 0.15) is 24.5 Å². The van der Waals surface area contributed by atoms with E-state index in [4.69, 9.17) is 4.18 Å². The maximum Gasteiger partial charge on any atom is 0.264 e. The fourth-order valence-corrected chi connectivity index (χ4v) is 3.49. The largest absolute Gasteiger partial charge is 0.264 e. The summed E-state index contributed by atoms with van der Waals surface area (Å²) in [5.74, 6) is 1.01. The van der Waals surface area contributed by atoms with Crippen molar-refractivity contribution in [2.45, 2.75) is 23.8 Å². The molecule has 1 heterocycles. The van der Waals surface area contributed by atoms with Gasteiger partial charge < -0.3 is 0 Å². The lowest BCUT2D eigenvalue weighted by atomic mass is 10.1. The third kappa shape index (κ3) is 2.99. The summed E-state index contributed by atoms with van der Waals surface area (Å²) in [4.78, 5) is 1.13. The Hall–Kier alpha value is -0.520. The van der Waals surface area contributed by atoms with E-state index in [1.54, 1.807) is 11.8 Å². The van der Waals surface area contributed by atoms with Gasteiger partial charge in [-0.25, -0.2) is 0 Å². The van der Waals surface area contributed by atoms with Crippen molar-refractivity contribution in [2.24, 2.45) is 0 Å². The molecule has 0 fully saturated rings. The lowest BCUT2D eigenvalue weighted by Gasteiger charge is -2.15. The van der Waals surface area contributed by atoms with Crippen LogP contribution in [0.25, 0.3) is 0 Å². The second-order valence-electron chi connectivity index (χ2n) is 3.82. The molecule has 0 radical (unpaired) electrons. The first kappa shape index (κ1) is 12.0. The molecule has 0 saturated carbocycles. The summed E-state index contributed by atoms with van der Waals surface area (Å²) in [6.07, 6.45) is 2.52. The van der Waals surface area contributed by atoms with Crippen LogP contribution in [0.5, 0.6) is 0 Å². The van der Waals surface area contributed by atoms with Crippen LogP contribution in [0, 0.1) is 0 Å². The molecule has 16 heavy (non-hydrogen) atoms. The molecule has 0 aliphatic carbocycles. The van der Waals surface area contributed by atoms with Gasteiger partial charge in [-0.1, -0.05) is 18.2 Å². The van der Waals surface area contributed by atoms with E-state index in [0.29, 0.717) is 0 Å². The van der Waals surface area contributed by atoms with Crippen LogP contribution in [0.3, 0.4) is 0 Å². The van der Waals surface area contributed by atoms with Crippen LogP contribution in [0.15, 0.2) is 29.2 Å². The van der Waals surface area contributed by atoms with Crippen LogP contribution in [0.4, 0.5) is 0 Å². The third-order valence-corrected chi connectivity index (χ3v) is 4.18. The predicted octanol–water partition coefficient (Wildman–Crippen LogP) is 2.59. The van der Waals surface area contributed by atoms with Gasteiger partial charge in [0.1, 0.15) is 6.10 Å². The Balaban J connectivity index is 2.32. The standard InChI is InChI=1S/C11H14O3S2/c1-16(12,13)14-10-6-4-8-15-11-7-3-2-5-9(10)11/h2-3,5,7,10H,4,6,8H2,1H3/t10-/m1/s1. The first-order chi connectivity index (χ1) is 7.56. The van der Waals surface area contributed by atoms with Gasteiger partial charge in [-0.15, -0.1) is 11.8 Å². The Morgan fingerprint density at radius 2 is 2.12 bits per heavy atom. The number of hydrogen-bond acceptors (Lipinski definition) is 4. The van der Waals surface area contributed by atoms with Crippen molar-refractivity contribution in [2.75, 3.05) is 12.0 Å². The first-order valence-corrected chi connectivity index (χ1v) is 7.96. The molecular weight excluding hydrogens is 244 g/mol. The minimum Gasteiger partial charge on any atom is -0.262 e. The fraction of sp³-hybridized carbons (Fsp3) is 0.455. The molecule has 1 aliphatic heterocycles. The second-order valence-corrected chi connectivity index (χ2v) is 6.55. The first-order valence-electron chi connectivity index (χ1n) is 5.16. The van der Waals surface area contributed by atoms with Gasteiger partial charge in [0, 0.05) is 4.90 Å². The summed E-state index contributed by atoms with van der Waals surface area (Å²) in [5, 5.41) is 0. The second kappa shape index (κ2) is 4.77. The van der Waals surface area contributed by atoms with Gasteiger partial charge >= 0.3 is 0 Å². The molecule has 0 N–H and O–H groups in total. The van der Waals surface area contributed by atoms with Crippen molar-refractivity contribution in [3.05, 3.63) is 29.8 Å². The number of benzene rings is 1. The van der Waals surface area contributed by atoms with Crippen molar-refractivity contribution >= 4 is 21.9 Å². The molecule has 0 unspecified atom stereocenters. The van der Waals surface area contributed by atoms with Crippen molar-refractivity contribution in [1.82, 2.24) is 0 Å². The Morgan fingerprint density at radius 1 is 1.38 bits per heavy atom. The molecule has 0 aromatic heterocycles. The van der Waals surface area contributed by atoms with E-state index >= 15 is 0 Å². The summed E-state index contributed by atoms with van der Waals surface area (Å²) < 4.78 is 27.5. The average molecular weight is 258 g/mol. The SMILES string of the molecule is CS(=O)(=O)O[C@@H]1CCCSc2ccccc21. The van der Waals surface area contributed by atoms with Gasteiger partial charge in [0.15, 0.2) is 0 Å². The lowest BCUT2D eigenvalue weighted by molar-refractivity contribution is 0.202. The van der Waals surface area contributed by atoms with E-state index < -0.39 is 10.1 Å². The summed E-state index contributed by atoms with van der Waals surface area (Å²) in [7, 11) is -3.39. The zero-order valence-corrected chi connectivity index (χ0v) is 10.7. The van der Waals surface area contributed by atoms with Crippen molar-refractivity contribution in [3.8, 4) is 0 Å². The van der Waals surface area contributed by atoms with Crippen LogP contribution in [-0.4, -0.2) is 20.4 Å². The Bertz CT molecular complexity index is 468. The summed E-state index contributed by atoms with van der Waals surface area (Å²) in [5.41, 5.74) is 0.996. The highest BCUT2D eigenvalue weighted by molar-refractivity contribution is 7.99. The van der Waals surface area contributed by atoms with Gasteiger partial charge in [0.2, 0.25) is 0 Å². The molecule has 88 valence electrons. The van der Waals surface area contributed by atoms with E-state index in [0.717, 1.165) is 35.3 Å². The summed E-state index contributed by atoms with van der Waals surface area (Å²) >= 11 is 1.76. The quantitative estimate of drug-likeness (QED) is 0.765. The third-order valence-electron chi connectivity index (χ3n) is 2.43. The summed E-state index contributed by atoms with van der Waals surface area (Å²) in [6, 6.07) is 7.85. The monoisotopic (exact) mass is 258 g/mol. The zero-order valence-electron chi connectivity index (χ0n) is 9.05. The lowest BCUT2D eigenvalue weighted by Crippen LogP contribution is -2.10. The highest BCUT2D eigenvalue weighted by Gasteiger charge is 2.22. The van der Waals surface area contributed by atoms with E-state index in [1.807, 2.05) is 24.3 Å². The zero-order chi connectivity index (χ0) is 11.6. The van der Waals surface area contributed by atoms with Gasteiger partial charge in [-0.3, -0.25) is 4.18 Å². The molecule has 5 heteroatoms. The van der Waals surface area contributed by atoms with Crippen molar-refractivity contribution < 1.29 is 12.6 Å². The number of hydrogen-bond donors (Lipinski definition) is 0. The van der Waals surface area contributed by atoms with Crippen molar-refractivity contribution in [1.29, 1.82) is 0 Å². The predicted molar refractivity (Wildman–Crippen MR) is 65.1 cm³/mol. The van der Waals surface area contributed by atoms with E-state index in [2.05, 4.69) is 0 Å².